The van der Waals surface area contributed by atoms with Crippen LogP contribution in [0.25, 0.3) is 0 Å². The lowest BCUT2D eigenvalue weighted by Crippen LogP contribution is -2.47. The maximum Gasteiger partial charge on any atom is 0.494 e. The molecular weight excluding hydrogens is 303 g/mol. The van der Waals surface area contributed by atoms with Gasteiger partial charge in [0.25, 0.3) is 5.91 Å². The van der Waals surface area contributed by atoms with Crippen molar-refractivity contribution in [3.8, 4) is 0 Å². The normalized spacial score (nSPS) is 25.9. The number of benzene rings is 1. The van der Waals surface area contributed by atoms with E-state index in [0.717, 1.165) is 5.46 Å². The Kier molecular flexibility index (Phi) is 3.57. The van der Waals surface area contributed by atoms with Crippen molar-refractivity contribution in [2.75, 3.05) is 33.2 Å². The van der Waals surface area contributed by atoms with Crippen molar-refractivity contribution < 1.29 is 18.2 Å². The monoisotopic (exact) mass is 333 g/mol. The molecule has 2 fully saturated rings. The highest BCUT2D eigenvalue weighted by Gasteiger charge is 2.51. The van der Waals surface area contributed by atoms with E-state index in [1.807, 2.05) is 39.8 Å². The minimum atomic E-state index is -2.10. The zero-order chi connectivity index (χ0) is 20.0. The summed E-state index contributed by atoms with van der Waals surface area (Å²) in [5.74, 6) is -0.0827. The quantitative estimate of drug-likeness (QED) is 0.767. The Balaban J connectivity index is 1.64. The molecule has 2 heterocycles. The van der Waals surface area contributed by atoms with E-state index < -0.39 is 25.3 Å². The lowest BCUT2D eigenvalue weighted by molar-refractivity contribution is 0.00578. The van der Waals surface area contributed by atoms with Crippen LogP contribution >= 0.6 is 0 Å². The zero-order valence-corrected chi connectivity index (χ0v) is 14.8. The average molecular weight is 333 g/mol. The van der Waals surface area contributed by atoms with Crippen molar-refractivity contribution in [3.63, 3.8) is 0 Å². The van der Waals surface area contributed by atoms with Crippen molar-refractivity contribution >= 4 is 18.5 Å². The molecule has 0 unspecified atom stereocenters. The summed E-state index contributed by atoms with van der Waals surface area (Å²) in [6.07, 6.45) is 0. The van der Waals surface area contributed by atoms with Gasteiger partial charge in [0.2, 0.25) is 0 Å². The molecule has 0 aliphatic carbocycles. The van der Waals surface area contributed by atoms with Crippen LogP contribution in [0.1, 0.15) is 42.2 Å². The van der Waals surface area contributed by atoms with E-state index in [1.165, 1.54) is 4.90 Å². The molecule has 0 saturated carbocycles. The smallest absolute Gasteiger partial charge is 0.399 e. The summed E-state index contributed by atoms with van der Waals surface area (Å²) >= 11 is 0. The van der Waals surface area contributed by atoms with Crippen LogP contribution in [0.15, 0.2) is 24.3 Å². The number of piperazine rings is 1. The molecule has 24 heavy (non-hydrogen) atoms. The third kappa shape index (κ3) is 3.23. The second kappa shape index (κ2) is 6.17. The lowest BCUT2D eigenvalue weighted by atomic mass is 9.79. The molecule has 0 spiro atoms. The highest BCUT2D eigenvalue weighted by molar-refractivity contribution is 6.62. The highest BCUT2D eigenvalue weighted by Crippen LogP contribution is 2.36. The minimum Gasteiger partial charge on any atom is -0.399 e. The van der Waals surface area contributed by atoms with E-state index in [-0.39, 0.29) is 5.91 Å². The fourth-order valence-electron chi connectivity index (χ4n) is 2.85. The first-order chi connectivity index (χ1) is 12.4. The maximum absolute atomic E-state index is 12.7. The van der Waals surface area contributed by atoms with Gasteiger partial charge in [-0.3, -0.25) is 4.79 Å². The molecule has 0 aromatic heterocycles. The van der Waals surface area contributed by atoms with Gasteiger partial charge in [-0.15, -0.1) is 0 Å². The van der Waals surface area contributed by atoms with Crippen molar-refractivity contribution in [2.24, 2.45) is 0 Å². The molecule has 1 aromatic carbocycles. The van der Waals surface area contributed by atoms with Gasteiger partial charge in [-0.25, -0.2) is 0 Å². The number of carbonyl (C=O) groups is 1. The van der Waals surface area contributed by atoms with Gasteiger partial charge >= 0.3 is 7.12 Å². The molecular formula is C18H27BN2O3. The first-order valence-electron chi connectivity index (χ1n) is 9.91. The molecule has 0 N–H and O–H groups in total. The Labute approximate surface area is 149 Å². The summed E-state index contributed by atoms with van der Waals surface area (Å²) < 4.78 is 34.4. The topological polar surface area (TPSA) is 42.0 Å². The third-order valence-corrected chi connectivity index (χ3v) is 5.25. The summed E-state index contributed by atoms with van der Waals surface area (Å²) in [6, 6.07) is 7.26. The lowest BCUT2D eigenvalue weighted by Gasteiger charge is -2.32. The molecule has 1 aromatic rings. The van der Waals surface area contributed by atoms with Crippen LogP contribution in [-0.4, -0.2) is 67.2 Å². The Morgan fingerprint density at radius 1 is 1.04 bits per heavy atom. The number of carbonyl (C=O) groups excluding carboxylic acids is 1. The third-order valence-electron chi connectivity index (χ3n) is 5.25. The first-order valence-corrected chi connectivity index (χ1v) is 8.41. The van der Waals surface area contributed by atoms with Gasteiger partial charge in [0.1, 0.15) is 0 Å². The minimum absolute atomic E-state index is 0.0827. The van der Waals surface area contributed by atoms with E-state index in [4.69, 9.17) is 13.4 Å². The van der Waals surface area contributed by atoms with Gasteiger partial charge in [0.15, 0.2) is 0 Å². The summed E-state index contributed by atoms with van der Waals surface area (Å²) in [7, 11) is -0.456. The summed E-state index contributed by atoms with van der Waals surface area (Å²) in [6.45, 7) is 7.45. The predicted molar refractivity (Wildman–Crippen MR) is 95.6 cm³/mol. The van der Waals surface area contributed by atoms with Gasteiger partial charge in [-0.05, 0) is 52.3 Å². The molecule has 2 saturated heterocycles. The fourth-order valence-corrected chi connectivity index (χ4v) is 2.85. The van der Waals surface area contributed by atoms with Gasteiger partial charge in [0, 0.05) is 35.9 Å². The summed E-state index contributed by atoms with van der Waals surface area (Å²) in [4.78, 5) is 15.8. The molecule has 6 heteroatoms. The largest absolute Gasteiger partial charge is 0.494 e. The van der Waals surface area contributed by atoms with Crippen LogP contribution in [0.5, 0.6) is 0 Å². The van der Waals surface area contributed by atoms with E-state index in [2.05, 4.69) is 0 Å². The van der Waals surface area contributed by atoms with Crippen LogP contribution in [-0.2, 0) is 9.31 Å². The molecule has 0 bridgehead atoms. The molecule has 2 aliphatic rings. The van der Waals surface area contributed by atoms with Crippen LogP contribution in [0, 0.1) is 0 Å². The summed E-state index contributed by atoms with van der Waals surface area (Å²) in [5, 5.41) is 0. The molecule has 1 amide bonds. The zero-order valence-electron chi connectivity index (χ0n) is 17.8. The van der Waals surface area contributed by atoms with Crippen LogP contribution in [0.4, 0.5) is 0 Å². The van der Waals surface area contributed by atoms with Crippen LogP contribution in [0.2, 0.25) is 0 Å². The Bertz CT molecular complexity index is 683. The molecule has 130 valence electrons. The van der Waals surface area contributed by atoms with Gasteiger partial charge < -0.3 is 19.1 Å². The van der Waals surface area contributed by atoms with Crippen LogP contribution < -0.4 is 5.46 Å². The number of nitrogens with zero attached hydrogens (tertiary/aromatic N) is 2. The Morgan fingerprint density at radius 2 is 1.58 bits per heavy atom. The molecule has 3 rings (SSSR count). The summed E-state index contributed by atoms with van der Waals surface area (Å²) in [5.41, 5.74) is 0.637. The molecule has 0 radical (unpaired) electrons. The van der Waals surface area contributed by atoms with Crippen molar-refractivity contribution in [3.05, 3.63) is 29.8 Å². The Hall–Kier alpha value is -1.37. The van der Waals surface area contributed by atoms with Gasteiger partial charge in [0.05, 0.1) is 11.2 Å². The molecule has 2 aliphatic heterocycles. The number of likely N-dealkylation sites (N-methyl/N-ethyl adjacent to an activating group) is 1. The maximum atomic E-state index is 12.7. The molecule has 5 nitrogen and oxygen atoms in total. The average Bonchev–Trinajstić information content (AvgIpc) is 2.81. The van der Waals surface area contributed by atoms with Crippen molar-refractivity contribution in [2.45, 2.75) is 38.9 Å². The predicted octanol–water partition coefficient (Wildman–Crippen LogP) is 1.37. The van der Waals surface area contributed by atoms with Crippen molar-refractivity contribution in [1.29, 1.82) is 0 Å². The van der Waals surface area contributed by atoms with Crippen molar-refractivity contribution in [1.82, 2.24) is 9.80 Å². The number of amides is 1. The highest BCUT2D eigenvalue weighted by atomic mass is 16.7. The van der Waals surface area contributed by atoms with Gasteiger partial charge in [-0.2, -0.15) is 0 Å². The standard InChI is InChI=1S/C18H27BN2O3/c1-17(2)18(3,4)24-19(23-17)15-8-6-14(7-9-15)16(22)21-12-10-20(5)11-13-21/h6-9H,10-13H2,1-5H3/i5D3. The second-order valence-corrected chi connectivity index (χ2v) is 7.49. The Morgan fingerprint density at radius 3 is 2.08 bits per heavy atom. The van der Waals surface area contributed by atoms with E-state index >= 15 is 0 Å². The fraction of sp³-hybridized carbons (Fsp3) is 0.611. The van der Waals surface area contributed by atoms with E-state index in [9.17, 15) is 4.79 Å². The first kappa shape index (κ1) is 13.9. The van der Waals surface area contributed by atoms with Gasteiger partial charge in [-0.1, -0.05) is 12.1 Å². The van der Waals surface area contributed by atoms with E-state index in [0.29, 0.717) is 31.7 Å². The number of rotatable bonds is 2. The number of hydrogen-bond donors (Lipinski definition) is 0. The second-order valence-electron chi connectivity index (χ2n) is 7.49. The number of hydrogen-bond acceptors (Lipinski definition) is 4. The van der Waals surface area contributed by atoms with Crippen LogP contribution in [0.3, 0.4) is 0 Å². The van der Waals surface area contributed by atoms with E-state index in [1.54, 1.807) is 17.0 Å². The SMILES string of the molecule is [2H]C([2H])([2H])N1CCN(C(=O)c2ccc(B3OC(C)(C)C(C)(C)O3)cc2)CC1. The molecule has 0 atom stereocenters.